The molecule has 4 heterocycles. The van der Waals surface area contributed by atoms with Crippen molar-refractivity contribution in [2.45, 2.75) is 12.0 Å². The van der Waals surface area contributed by atoms with Crippen LogP contribution < -0.4 is 4.90 Å². The third-order valence-corrected chi connectivity index (χ3v) is 12.0. The molecule has 4 nitrogen and oxygen atoms in total. The lowest BCUT2D eigenvalue weighted by atomic mass is 9.91. The maximum absolute atomic E-state index is 2.56. The zero-order chi connectivity index (χ0) is 36.7. The molecule has 2 aliphatic rings. The first-order chi connectivity index (χ1) is 27.8. The van der Waals surface area contributed by atoms with Crippen molar-refractivity contribution in [2.75, 3.05) is 4.90 Å². The molecule has 12 rings (SSSR count). The smallest absolute Gasteiger partial charge is 0.0788 e. The van der Waals surface area contributed by atoms with Gasteiger partial charge in [0.1, 0.15) is 0 Å². The number of aromatic nitrogens is 3. The summed E-state index contributed by atoms with van der Waals surface area (Å²) in [5, 5.41) is 4.99. The van der Waals surface area contributed by atoms with E-state index in [1.54, 1.807) is 0 Å². The highest BCUT2D eigenvalue weighted by molar-refractivity contribution is 6.18. The molecule has 2 unspecified atom stereocenters. The lowest BCUT2D eigenvalue weighted by molar-refractivity contribution is 0.745. The van der Waals surface area contributed by atoms with Crippen LogP contribution in [0.5, 0.6) is 0 Å². The van der Waals surface area contributed by atoms with Crippen LogP contribution in [0.15, 0.2) is 207 Å². The predicted molar refractivity (Wildman–Crippen MR) is 233 cm³/mol. The van der Waals surface area contributed by atoms with Crippen molar-refractivity contribution in [3.8, 4) is 28.2 Å². The van der Waals surface area contributed by atoms with Gasteiger partial charge >= 0.3 is 0 Å². The van der Waals surface area contributed by atoms with Gasteiger partial charge in [0.05, 0.1) is 33.8 Å². The standard InChI is InChI=1S/C52H36N4/c1-3-11-39(12-4-1)53-33-31-37-23-29-45-43-15-7-9-17-47(43)55(51(45)49(37)53)41-25-19-35(20-26-41)36-21-27-42(28-22-36)56-48-18-10-8-16-44(48)46-30-24-38-32-34-54(50(38)52(46)56)40-13-5-2-6-14-40/h1-34,43,47H. The van der Waals surface area contributed by atoms with Crippen molar-refractivity contribution in [2.24, 2.45) is 0 Å². The van der Waals surface area contributed by atoms with E-state index in [0.717, 1.165) is 11.4 Å². The van der Waals surface area contributed by atoms with Crippen molar-refractivity contribution >= 4 is 55.0 Å². The minimum Gasteiger partial charge on any atom is -0.332 e. The number of nitrogens with zero attached hydrogens (tertiary/aromatic N) is 4. The number of hydrogen-bond acceptors (Lipinski definition) is 1. The van der Waals surface area contributed by atoms with Crippen LogP contribution in [0.1, 0.15) is 11.5 Å². The van der Waals surface area contributed by atoms with Gasteiger partial charge in [-0.25, -0.2) is 0 Å². The van der Waals surface area contributed by atoms with E-state index in [1.165, 1.54) is 77.4 Å². The van der Waals surface area contributed by atoms with E-state index in [0.29, 0.717) is 5.92 Å². The van der Waals surface area contributed by atoms with Crippen LogP contribution in [-0.2, 0) is 0 Å². The SMILES string of the molecule is C1=CC2c3ccc4ccn(-c5ccccc5)c4c3N(c3ccc(-c4ccc(-n5c6ccccc6c6ccc7ccn(-c8ccccc8)c7c65)cc4)cc3)C2C=C1. The number of hydrogen-bond donors (Lipinski definition) is 0. The fourth-order valence-corrected chi connectivity index (χ4v) is 9.50. The molecule has 0 amide bonds. The van der Waals surface area contributed by atoms with Crippen LogP contribution in [-0.4, -0.2) is 19.7 Å². The summed E-state index contributed by atoms with van der Waals surface area (Å²) in [5.74, 6) is 0.295. The van der Waals surface area contributed by atoms with Crippen molar-refractivity contribution in [1.29, 1.82) is 0 Å². The molecule has 56 heavy (non-hydrogen) atoms. The molecule has 264 valence electrons. The van der Waals surface area contributed by atoms with Gasteiger partial charge in [-0.3, -0.25) is 0 Å². The van der Waals surface area contributed by atoms with Gasteiger partial charge in [-0.05, 0) is 83.4 Å². The van der Waals surface area contributed by atoms with Crippen LogP contribution in [0.2, 0.25) is 0 Å². The van der Waals surface area contributed by atoms with E-state index in [4.69, 9.17) is 0 Å². The third-order valence-electron chi connectivity index (χ3n) is 12.0. The van der Waals surface area contributed by atoms with E-state index in [1.807, 2.05) is 0 Å². The third kappa shape index (κ3) is 4.53. The number of fused-ring (bicyclic) bond motifs is 10. The average Bonchev–Trinajstić information content (AvgIpc) is 4.05. The Balaban J connectivity index is 0.953. The lowest BCUT2D eigenvalue weighted by Crippen LogP contribution is -2.28. The first kappa shape index (κ1) is 31.1. The molecule has 1 aliphatic heterocycles. The summed E-state index contributed by atoms with van der Waals surface area (Å²) in [5.41, 5.74) is 14.6. The van der Waals surface area contributed by atoms with Gasteiger partial charge in [0.2, 0.25) is 0 Å². The molecule has 0 fully saturated rings. The predicted octanol–water partition coefficient (Wildman–Crippen LogP) is 13.1. The normalized spacial score (nSPS) is 16.0. The van der Waals surface area contributed by atoms with E-state index in [-0.39, 0.29) is 6.04 Å². The molecule has 0 saturated carbocycles. The maximum atomic E-state index is 2.56. The van der Waals surface area contributed by atoms with E-state index in [2.05, 4.69) is 225 Å². The molecule has 0 spiro atoms. The van der Waals surface area contributed by atoms with Gasteiger partial charge in [0.25, 0.3) is 0 Å². The second kappa shape index (κ2) is 12.1. The monoisotopic (exact) mass is 716 g/mol. The number of para-hydroxylation sites is 3. The molecule has 2 atom stereocenters. The lowest BCUT2D eigenvalue weighted by Gasteiger charge is -2.29. The van der Waals surface area contributed by atoms with Gasteiger partial charge in [0.15, 0.2) is 0 Å². The molecule has 10 aromatic rings. The Morgan fingerprint density at radius 3 is 1.70 bits per heavy atom. The van der Waals surface area contributed by atoms with Crippen LogP contribution in [0.3, 0.4) is 0 Å². The largest absolute Gasteiger partial charge is 0.332 e. The van der Waals surface area contributed by atoms with Crippen LogP contribution in [0.25, 0.3) is 71.8 Å². The quantitative estimate of drug-likeness (QED) is 0.173. The number of allylic oxidation sites excluding steroid dienone is 2. The van der Waals surface area contributed by atoms with E-state index >= 15 is 0 Å². The van der Waals surface area contributed by atoms with Crippen molar-refractivity contribution in [3.05, 3.63) is 212 Å². The van der Waals surface area contributed by atoms with Crippen molar-refractivity contribution in [3.63, 3.8) is 0 Å². The molecule has 0 saturated heterocycles. The zero-order valence-electron chi connectivity index (χ0n) is 30.6. The Labute approximate surface area is 324 Å². The van der Waals surface area contributed by atoms with Crippen molar-refractivity contribution in [1.82, 2.24) is 13.7 Å². The highest BCUT2D eigenvalue weighted by atomic mass is 15.2. The molecular formula is C52H36N4. The number of rotatable bonds is 5. The van der Waals surface area contributed by atoms with Gasteiger partial charge in [-0.15, -0.1) is 0 Å². The average molecular weight is 717 g/mol. The van der Waals surface area contributed by atoms with Crippen LogP contribution in [0, 0.1) is 0 Å². The van der Waals surface area contributed by atoms with Crippen LogP contribution >= 0.6 is 0 Å². The maximum Gasteiger partial charge on any atom is 0.0788 e. The molecule has 0 radical (unpaired) electrons. The second-order valence-electron chi connectivity index (χ2n) is 15.0. The first-order valence-electron chi connectivity index (χ1n) is 19.4. The Kier molecular flexibility index (Phi) is 6.72. The Morgan fingerprint density at radius 2 is 0.982 bits per heavy atom. The molecular weight excluding hydrogens is 681 g/mol. The molecule has 0 N–H and O–H groups in total. The summed E-state index contributed by atoms with van der Waals surface area (Å²) in [6, 6.07) is 62.2. The van der Waals surface area contributed by atoms with Gasteiger partial charge in [-0.2, -0.15) is 0 Å². The minimum absolute atomic E-state index is 0.213. The summed E-state index contributed by atoms with van der Waals surface area (Å²) in [7, 11) is 0. The summed E-state index contributed by atoms with van der Waals surface area (Å²) >= 11 is 0. The Hall–Kier alpha value is -7.30. The topological polar surface area (TPSA) is 18.0 Å². The zero-order valence-corrected chi connectivity index (χ0v) is 30.6. The Morgan fingerprint density at radius 1 is 0.393 bits per heavy atom. The van der Waals surface area contributed by atoms with Gasteiger partial charge in [0, 0.05) is 62.6 Å². The molecule has 7 aromatic carbocycles. The van der Waals surface area contributed by atoms with Gasteiger partial charge in [-0.1, -0.05) is 127 Å². The second-order valence-corrected chi connectivity index (χ2v) is 15.0. The molecule has 3 aromatic heterocycles. The highest BCUT2D eigenvalue weighted by Gasteiger charge is 2.39. The minimum atomic E-state index is 0.213. The molecule has 1 aliphatic carbocycles. The Bertz CT molecular complexity index is 3180. The summed E-state index contributed by atoms with van der Waals surface area (Å²) in [4.78, 5) is 2.56. The fraction of sp³-hybridized carbons (Fsp3) is 0.0385. The fourth-order valence-electron chi connectivity index (χ4n) is 9.50. The number of benzene rings is 7. The summed E-state index contributed by atoms with van der Waals surface area (Å²) in [6.45, 7) is 0. The van der Waals surface area contributed by atoms with Gasteiger partial charge < -0.3 is 18.6 Å². The van der Waals surface area contributed by atoms with E-state index in [9.17, 15) is 0 Å². The van der Waals surface area contributed by atoms with E-state index < -0.39 is 0 Å². The molecule has 0 bridgehead atoms. The first-order valence-corrected chi connectivity index (χ1v) is 19.4. The number of anilines is 2. The highest BCUT2D eigenvalue weighted by Crippen LogP contribution is 2.51. The summed E-state index contributed by atoms with van der Waals surface area (Å²) in [6.07, 6.45) is 13.5. The van der Waals surface area contributed by atoms with Crippen molar-refractivity contribution < 1.29 is 0 Å². The summed E-state index contributed by atoms with van der Waals surface area (Å²) < 4.78 is 7.12. The van der Waals surface area contributed by atoms with Crippen LogP contribution in [0.4, 0.5) is 11.4 Å². The molecule has 4 heteroatoms.